The van der Waals surface area contributed by atoms with Gasteiger partial charge >= 0.3 is 0 Å². The van der Waals surface area contributed by atoms with Crippen molar-refractivity contribution < 1.29 is 14.4 Å². The van der Waals surface area contributed by atoms with Gasteiger partial charge < -0.3 is 15.1 Å². The summed E-state index contributed by atoms with van der Waals surface area (Å²) in [5.41, 5.74) is 1.99. The van der Waals surface area contributed by atoms with Crippen molar-refractivity contribution in [1.29, 1.82) is 0 Å². The van der Waals surface area contributed by atoms with Gasteiger partial charge in [-0.05, 0) is 36.3 Å². The molecule has 2 fully saturated rings. The van der Waals surface area contributed by atoms with E-state index in [0.717, 1.165) is 24.9 Å². The van der Waals surface area contributed by atoms with Crippen LogP contribution in [0.3, 0.4) is 0 Å². The smallest absolute Gasteiger partial charge is 0.241 e. The van der Waals surface area contributed by atoms with Crippen molar-refractivity contribution in [3.8, 4) is 0 Å². The van der Waals surface area contributed by atoms with Crippen molar-refractivity contribution in [3.63, 3.8) is 0 Å². The number of nitrogens with one attached hydrogen (secondary N) is 1. The molecule has 1 spiro atoms. The monoisotopic (exact) mass is 385 g/mol. The Kier molecular flexibility index (Phi) is 6.06. The second-order valence-corrected chi connectivity index (χ2v) is 8.48. The number of hydrogen-bond acceptors (Lipinski definition) is 3. The molecule has 0 saturated carbocycles. The Bertz CT molecular complexity index is 744. The third kappa shape index (κ3) is 4.37. The topological polar surface area (TPSA) is 69.7 Å². The number of benzene rings is 1. The van der Waals surface area contributed by atoms with Gasteiger partial charge in [-0.3, -0.25) is 14.4 Å². The highest BCUT2D eigenvalue weighted by Crippen LogP contribution is 2.40. The number of carbonyl (C=O) groups is 3. The maximum absolute atomic E-state index is 13.3. The molecule has 1 aromatic carbocycles. The highest BCUT2D eigenvalue weighted by atomic mass is 16.2. The molecule has 0 aliphatic carbocycles. The zero-order valence-electron chi connectivity index (χ0n) is 17.2. The first-order valence-electron chi connectivity index (χ1n) is 10.2. The van der Waals surface area contributed by atoms with E-state index in [1.54, 1.807) is 4.90 Å². The fourth-order valence-corrected chi connectivity index (χ4v) is 4.31. The molecule has 1 N–H and O–H groups in total. The van der Waals surface area contributed by atoms with Gasteiger partial charge in [0.15, 0.2) is 0 Å². The van der Waals surface area contributed by atoms with Crippen LogP contribution >= 0.6 is 0 Å². The Balaban J connectivity index is 1.64. The summed E-state index contributed by atoms with van der Waals surface area (Å²) in [6.07, 6.45) is 2.50. The van der Waals surface area contributed by atoms with Gasteiger partial charge in [0, 0.05) is 33.1 Å². The lowest BCUT2D eigenvalue weighted by Gasteiger charge is -2.39. The van der Waals surface area contributed by atoms with Gasteiger partial charge in [-0.2, -0.15) is 0 Å². The van der Waals surface area contributed by atoms with E-state index in [4.69, 9.17) is 0 Å². The number of nitrogens with zero attached hydrogens (tertiary/aromatic N) is 2. The standard InChI is InChI=1S/C22H31N3O3/c1-16(2)19-7-5-18(6-8-19)14-24-11-4-9-22(21(24)28)10-12-25(15-22)20(27)13-23-17(3)26/h5-8,16H,4,9-15H2,1-3H3,(H,23,26). The SMILES string of the molecule is CC(=O)NCC(=O)N1CCC2(CCCN(Cc3ccc(C(C)C)cc3)C2=O)C1. The van der Waals surface area contributed by atoms with E-state index in [-0.39, 0.29) is 24.3 Å². The van der Waals surface area contributed by atoms with E-state index < -0.39 is 5.41 Å². The maximum Gasteiger partial charge on any atom is 0.241 e. The lowest BCUT2D eigenvalue weighted by atomic mass is 9.78. The average Bonchev–Trinajstić information content (AvgIpc) is 3.09. The summed E-state index contributed by atoms with van der Waals surface area (Å²) in [6.45, 7) is 8.19. The molecule has 28 heavy (non-hydrogen) atoms. The largest absolute Gasteiger partial charge is 0.347 e. The Labute approximate surface area is 167 Å². The van der Waals surface area contributed by atoms with E-state index in [0.29, 0.717) is 32.0 Å². The summed E-state index contributed by atoms with van der Waals surface area (Å²) < 4.78 is 0. The quantitative estimate of drug-likeness (QED) is 0.845. The minimum Gasteiger partial charge on any atom is -0.347 e. The highest BCUT2D eigenvalue weighted by Gasteiger charge is 2.49. The Morgan fingerprint density at radius 3 is 2.50 bits per heavy atom. The number of carbonyl (C=O) groups excluding carboxylic acids is 3. The van der Waals surface area contributed by atoms with Crippen LogP contribution in [-0.4, -0.2) is 53.7 Å². The minimum absolute atomic E-state index is 0.00547. The highest BCUT2D eigenvalue weighted by molar-refractivity contribution is 5.87. The third-order valence-corrected chi connectivity index (χ3v) is 6.04. The molecule has 1 aromatic rings. The van der Waals surface area contributed by atoms with Crippen LogP contribution in [0.2, 0.25) is 0 Å². The van der Waals surface area contributed by atoms with Gasteiger partial charge in [0.05, 0.1) is 12.0 Å². The molecule has 2 aliphatic rings. The molecule has 2 saturated heterocycles. The lowest BCUT2D eigenvalue weighted by molar-refractivity contribution is -0.147. The molecule has 1 unspecified atom stereocenters. The summed E-state index contributed by atoms with van der Waals surface area (Å²) in [6, 6.07) is 8.51. The van der Waals surface area contributed by atoms with E-state index in [1.807, 2.05) is 4.90 Å². The second-order valence-electron chi connectivity index (χ2n) is 8.48. The van der Waals surface area contributed by atoms with E-state index in [1.165, 1.54) is 12.5 Å². The summed E-state index contributed by atoms with van der Waals surface area (Å²) in [5.74, 6) is 0.335. The fraction of sp³-hybridized carbons (Fsp3) is 0.591. The molecule has 1 atom stereocenters. The third-order valence-electron chi connectivity index (χ3n) is 6.04. The number of likely N-dealkylation sites (tertiary alicyclic amines) is 2. The fourth-order valence-electron chi connectivity index (χ4n) is 4.31. The average molecular weight is 386 g/mol. The molecule has 2 heterocycles. The van der Waals surface area contributed by atoms with Crippen LogP contribution < -0.4 is 5.32 Å². The molecule has 3 rings (SSSR count). The molecule has 0 aromatic heterocycles. The molecule has 0 bridgehead atoms. The van der Waals surface area contributed by atoms with E-state index >= 15 is 0 Å². The Morgan fingerprint density at radius 1 is 1.14 bits per heavy atom. The molecule has 2 aliphatic heterocycles. The molecule has 6 heteroatoms. The Hall–Kier alpha value is -2.37. The molecular formula is C22H31N3O3. The lowest BCUT2D eigenvalue weighted by Crippen LogP contribution is -2.50. The molecule has 6 nitrogen and oxygen atoms in total. The van der Waals surface area contributed by atoms with Crippen LogP contribution in [0.5, 0.6) is 0 Å². The first-order valence-corrected chi connectivity index (χ1v) is 10.2. The van der Waals surface area contributed by atoms with Crippen LogP contribution in [0.4, 0.5) is 0 Å². The van der Waals surface area contributed by atoms with Crippen molar-refractivity contribution in [1.82, 2.24) is 15.1 Å². The van der Waals surface area contributed by atoms with Crippen LogP contribution in [-0.2, 0) is 20.9 Å². The van der Waals surface area contributed by atoms with Crippen LogP contribution in [0, 0.1) is 5.41 Å². The predicted molar refractivity (Wildman–Crippen MR) is 107 cm³/mol. The first kappa shape index (κ1) is 20.4. The van der Waals surface area contributed by atoms with Crippen LogP contribution in [0.1, 0.15) is 57.1 Å². The predicted octanol–water partition coefficient (Wildman–Crippen LogP) is 2.29. The first-order chi connectivity index (χ1) is 13.3. The van der Waals surface area contributed by atoms with Gasteiger partial charge in [-0.15, -0.1) is 0 Å². The molecular weight excluding hydrogens is 354 g/mol. The van der Waals surface area contributed by atoms with Gasteiger partial charge in [0.25, 0.3) is 0 Å². The van der Waals surface area contributed by atoms with Crippen LogP contribution in [0.15, 0.2) is 24.3 Å². The second kappa shape index (κ2) is 8.33. The maximum atomic E-state index is 13.3. The van der Waals surface area contributed by atoms with Crippen molar-refractivity contribution in [2.75, 3.05) is 26.2 Å². The number of piperidine rings is 1. The summed E-state index contributed by atoms with van der Waals surface area (Å²) >= 11 is 0. The van der Waals surface area contributed by atoms with Gasteiger partial charge in [-0.1, -0.05) is 38.1 Å². The molecule has 152 valence electrons. The van der Waals surface area contributed by atoms with E-state index in [9.17, 15) is 14.4 Å². The van der Waals surface area contributed by atoms with Crippen molar-refractivity contribution >= 4 is 17.7 Å². The molecule has 0 radical (unpaired) electrons. The normalized spacial score (nSPS) is 22.2. The number of amides is 3. The van der Waals surface area contributed by atoms with Crippen molar-refractivity contribution in [2.24, 2.45) is 5.41 Å². The summed E-state index contributed by atoms with van der Waals surface area (Å²) in [7, 11) is 0. The van der Waals surface area contributed by atoms with Crippen LogP contribution in [0.25, 0.3) is 0 Å². The summed E-state index contributed by atoms with van der Waals surface area (Å²) in [4.78, 5) is 40.3. The van der Waals surface area contributed by atoms with Crippen molar-refractivity contribution in [3.05, 3.63) is 35.4 Å². The zero-order valence-corrected chi connectivity index (χ0v) is 17.2. The van der Waals surface area contributed by atoms with Crippen molar-refractivity contribution in [2.45, 2.75) is 52.5 Å². The van der Waals surface area contributed by atoms with Gasteiger partial charge in [0.2, 0.25) is 17.7 Å². The van der Waals surface area contributed by atoms with E-state index in [2.05, 4.69) is 43.4 Å². The minimum atomic E-state index is -0.456. The summed E-state index contributed by atoms with van der Waals surface area (Å²) in [5, 5.41) is 2.55. The van der Waals surface area contributed by atoms with Gasteiger partial charge in [0.1, 0.15) is 0 Å². The number of rotatable bonds is 5. The Morgan fingerprint density at radius 2 is 1.86 bits per heavy atom. The zero-order chi connectivity index (χ0) is 20.3. The van der Waals surface area contributed by atoms with Gasteiger partial charge in [-0.25, -0.2) is 0 Å². The molecule has 3 amide bonds. The number of hydrogen-bond donors (Lipinski definition) is 1.